The molecule has 3 N–H and O–H groups in total. The third-order valence-corrected chi connectivity index (χ3v) is 2.82. The fourth-order valence-corrected chi connectivity index (χ4v) is 1.73. The van der Waals surface area contributed by atoms with E-state index < -0.39 is 12.0 Å². The first-order valence-corrected chi connectivity index (χ1v) is 7.13. The van der Waals surface area contributed by atoms with Gasteiger partial charge < -0.3 is 15.8 Å². The molecular weight excluding hydrogens is 310 g/mol. The van der Waals surface area contributed by atoms with Crippen LogP contribution in [-0.4, -0.2) is 36.6 Å². The van der Waals surface area contributed by atoms with Crippen molar-refractivity contribution in [2.24, 2.45) is 5.73 Å². The van der Waals surface area contributed by atoms with Crippen molar-refractivity contribution in [1.82, 2.24) is 4.90 Å². The summed E-state index contributed by atoms with van der Waals surface area (Å²) in [6.07, 6.45) is 0.371. The van der Waals surface area contributed by atoms with E-state index in [2.05, 4.69) is 5.32 Å². The van der Waals surface area contributed by atoms with E-state index in [1.165, 1.54) is 12.1 Å². The lowest BCUT2D eigenvalue weighted by atomic mass is 10.2. The highest BCUT2D eigenvalue weighted by atomic mass is 16.6. The van der Waals surface area contributed by atoms with Gasteiger partial charge in [-0.1, -0.05) is 12.1 Å². The van der Waals surface area contributed by atoms with Crippen molar-refractivity contribution in [3.05, 3.63) is 41.6 Å². The number of hydrogen-bond acceptors (Lipinski definition) is 6. The summed E-state index contributed by atoms with van der Waals surface area (Å²) in [4.78, 5) is 25.0. The number of benzene rings is 1. The molecule has 0 fully saturated rings. The van der Waals surface area contributed by atoms with Gasteiger partial charge in [0.1, 0.15) is 17.7 Å². The summed E-state index contributed by atoms with van der Waals surface area (Å²) in [5.74, 6) is -0.744. The molecule has 0 aliphatic carbocycles. The number of carbonyl (C=O) groups is 2. The van der Waals surface area contributed by atoms with Gasteiger partial charge in [-0.2, -0.15) is 10.5 Å². The van der Waals surface area contributed by atoms with Gasteiger partial charge in [-0.3, -0.25) is 9.69 Å². The van der Waals surface area contributed by atoms with Gasteiger partial charge in [0, 0.05) is 19.3 Å². The van der Waals surface area contributed by atoms with Crippen LogP contribution in [0.5, 0.6) is 0 Å². The van der Waals surface area contributed by atoms with Crippen LogP contribution in [0.3, 0.4) is 0 Å². The predicted octanol–water partition coefficient (Wildman–Crippen LogP) is 1.32. The van der Waals surface area contributed by atoms with E-state index in [0.29, 0.717) is 0 Å². The molecule has 0 radical (unpaired) electrons. The highest BCUT2D eigenvalue weighted by Crippen LogP contribution is 2.14. The Morgan fingerprint density at radius 2 is 2.08 bits per heavy atom. The first-order chi connectivity index (χ1) is 11.6. The van der Waals surface area contributed by atoms with Crippen molar-refractivity contribution in [1.29, 1.82) is 10.5 Å². The van der Waals surface area contributed by atoms with Crippen LogP contribution < -0.4 is 11.1 Å². The van der Waals surface area contributed by atoms with Gasteiger partial charge in [-0.05, 0) is 19.1 Å². The Morgan fingerprint density at radius 1 is 1.38 bits per heavy atom. The SMILES string of the molecule is CCOC(=O)N(/C=C(/C#N)C(=O)Nc1ccccc1C#N)CCN. The minimum absolute atomic E-state index is 0.0894. The molecule has 1 aromatic rings. The smallest absolute Gasteiger partial charge is 0.413 e. The number of nitrogens with zero attached hydrogens (tertiary/aromatic N) is 3. The second-order valence-corrected chi connectivity index (χ2v) is 4.45. The maximum atomic E-state index is 12.2. The standard InChI is InChI=1S/C16H17N5O3/c1-2-24-16(23)21(8-7-17)11-13(10-19)15(22)20-14-6-4-3-5-12(14)9-18/h3-6,11H,2,7-8,17H2,1H3,(H,20,22)/b13-11-. The molecule has 1 rings (SSSR count). The van der Waals surface area contributed by atoms with Gasteiger partial charge in [0.15, 0.2) is 0 Å². The van der Waals surface area contributed by atoms with E-state index in [1.807, 2.05) is 6.07 Å². The first-order valence-electron chi connectivity index (χ1n) is 7.13. The van der Waals surface area contributed by atoms with Gasteiger partial charge in [0.05, 0.1) is 17.9 Å². The van der Waals surface area contributed by atoms with Crippen LogP contribution in [0.15, 0.2) is 36.0 Å². The molecule has 0 aliphatic rings. The number of anilines is 1. The highest BCUT2D eigenvalue weighted by Gasteiger charge is 2.17. The first kappa shape index (κ1) is 18.7. The third-order valence-electron chi connectivity index (χ3n) is 2.82. The zero-order valence-electron chi connectivity index (χ0n) is 13.2. The molecule has 8 heteroatoms. The summed E-state index contributed by atoms with van der Waals surface area (Å²) in [6, 6.07) is 10.0. The van der Waals surface area contributed by atoms with E-state index in [-0.39, 0.29) is 36.5 Å². The van der Waals surface area contributed by atoms with Gasteiger partial charge in [-0.25, -0.2) is 4.79 Å². The fraction of sp³-hybridized carbons (Fsp3) is 0.250. The number of nitrogens with one attached hydrogen (secondary N) is 1. The summed E-state index contributed by atoms with van der Waals surface area (Å²) in [6.45, 7) is 2.01. The number of carbonyl (C=O) groups excluding carboxylic acids is 2. The van der Waals surface area contributed by atoms with Crippen LogP contribution in [0.2, 0.25) is 0 Å². The molecule has 0 saturated carbocycles. The number of ether oxygens (including phenoxy) is 1. The molecule has 0 aliphatic heterocycles. The highest BCUT2D eigenvalue weighted by molar-refractivity contribution is 6.07. The van der Waals surface area contributed by atoms with Crippen LogP contribution in [0.1, 0.15) is 12.5 Å². The van der Waals surface area contributed by atoms with Gasteiger partial charge >= 0.3 is 6.09 Å². The average molecular weight is 327 g/mol. The lowest BCUT2D eigenvalue weighted by molar-refractivity contribution is -0.112. The molecular formula is C16H17N5O3. The number of rotatable bonds is 6. The Labute approximate surface area is 139 Å². The van der Waals surface area contributed by atoms with Crippen molar-refractivity contribution in [3.8, 4) is 12.1 Å². The molecule has 0 spiro atoms. The Balaban J connectivity index is 3.01. The summed E-state index contributed by atoms with van der Waals surface area (Å²) in [7, 11) is 0. The van der Waals surface area contributed by atoms with Gasteiger partial charge in [0.2, 0.25) is 0 Å². The Hall–Kier alpha value is -3.36. The Morgan fingerprint density at radius 3 is 2.67 bits per heavy atom. The molecule has 0 bridgehead atoms. The van der Waals surface area contributed by atoms with Crippen molar-refractivity contribution in [2.45, 2.75) is 6.92 Å². The van der Waals surface area contributed by atoms with E-state index in [4.69, 9.17) is 15.7 Å². The second-order valence-electron chi connectivity index (χ2n) is 4.45. The minimum Gasteiger partial charge on any atom is -0.449 e. The molecule has 24 heavy (non-hydrogen) atoms. The van der Waals surface area contributed by atoms with E-state index in [9.17, 15) is 14.9 Å². The second kappa shape index (κ2) is 9.62. The Bertz CT molecular complexity index is 715. The topological polar surface area (TPSA) is 132 Å². The molecule has 1 aromatic carbocycles. The molecule has 0 saturated heterocycles. The number of nitrogens with two attached hydrogens (primary N) is 1. The molecule has 124 valence electrons. The van der Waals surface area contributed by atoms with Crippen LogP contribution in [0.25, 0.3) is 0 Å². The van der Waals surface area contributed by atoms with Crippen LogP contribution in [-0.2, 0) is 9.53 Å². The number of hydrogen-bond donors (Lipinski definition) is 2. The van der Waals surface area contributed by atoms with Gasteiger partial charge in [0.25, 0.3) is 5.91 Å². The zero-order chi connectivity index (χ0) is 17.9. The van der Waals surface area contributed by atoms with Crippen molar-refractivity contribution < 1.29 is 14.3 Å². The van der Waals surface area contributed by atoms with E-state index >= 15 is 0 Å². The van der Waals surface area contributed by atoms with Crippen molar-refractivity contribution >= 4 is 17.7 Å². The molecule has 0 unspecified atom stereocenters. The fourth-order valence-electron chi connectivity index (χ4n) is 1.73. The number of para-hydroxylation sites is 1. The van der Waals surface area contributed by atoms with Crippen LogP contribution >= 0.6 is 0 Å². The summed E-state index contributed by atoms with van der Waals surface area (Å²) < 4.78 is 4.84. The molecule has 2 amide bonds. The normalized spacial score (nSPS) is 10.2. The zero-order valence-corrected chi connectivity index (χ0v) is 13.2. The predicted molar refractivity (Wildman–Crippen MR) is 86.3 cm³/mol. The number of nitriles is 2. The van der Waals surface area contributed by atoms with E-state index in [1.54, 1.807) is 25.1 Å². The summed E-state index contributed by atoms with van der Waals surface area (Å²) >= 11 is 0. The Kier molecular flexibility index (Phi) is 7.49. The largest absolute Gasteiger partial charge is 0.449 e. The van der Waals surface area contributed by atoms with E-state index in [0.717, 1.165) is 11.1 Å². The lowest BCUT2D eigenvalue weighted by Gasteiger charge is -2.17. The number of amides is 2. The van der Waals surface area contributed by atoms with Crippen LogP contribution in [0.4, 0.5) is 10.5 Å². The van der Waals surface area contributed by atoms with Crippen molar-refractivity contribution in [2.75, 3.05) is 25.0 Å². The molecule has 8 nitrogen and oxygen atoms in total. The lowest BCUT2D eigenvalue weighted by Crippen LogP contribution is -2.32. The average Bonchev–Trinajstić information content (AvgIpc) is 2.59. The monoisotopic (exact) mass is 327 g/mol. The quantitative estimate of drug-likeness (QED) is 0.598. The maximum absolute atomic E-state index is 12.2. The third kappa shape index (κ3) is 5.13. The summed E-state index contributed by atoms with van der Waals surface area (Å²) in [5, 5.41) is 20.7. The van der Waals surface area contributed by atoms with Crippen molar-refractivity contribution in [3.63, 3.8) is 0 Å². The maximum Gasteiger partial charge on any atom is 0.413 e. The molecule has 0 aromatic heterocycles. The van der Waals surface area contributed by atoms with Crippen LogP contribution in [0, 0.1) is 22.7 Å². The summed E-state index contributed by atoms with van der Waals surface area (Å²) in [5.41, 5.74) is 5.63. The molecule has 0 atom stereocenters. The molecule has 0 heterocycles. The van der Waals surface area contributed by atoms with Gasteiger partial charge in [-0.15, -0.1) is 0 Å². The minimum atomic E-state index is -0.744.